The number of hydrogen-bond donors (Lipinski definition) is 1. The number of benzene rings is 1. The molecule has 5 nitrogen and oxygen atoms in total. The molecule has 1 amide bonds. The van der Waals surface area contributed by atoms with Crippen LogP contribution in [0.2, 0.25) is 0 Å². The number of carbonyl (C=O) groups is 1. The predicted octanol–water partition coefficient (Wildman–Crippen LogP) is 1.84. The van der Waals surface area contributed by atoms with Gasteiger partial charge in [0.15, 0.2) is 0 Å². The first-order valence-corrected chi connectivity index (χ1v) is 8.45. The third-order valence-electron chi connectivity index (χ3n) is 2.60. The molecule has 0 saturated carbocycles. The van der Waals surface area contributed by atoms with Gasteiger partial charge in [-0.25, -0.2) is 8.42 Å². The van der Waals surface area contributed by atoms with Crippen LogP contribution < -0.4 is 5.32 Å². The lowest BCUT2D eigenvalue weighted by Crippen LogP contribution is -2.39. The Labute approximate surface area is 128 Å². The highest BCUT2D eigenvalue weighted by atomic mass is 79.9. The van der Waals surface area contributed by atoms with E-state index in [9.17, 15) is 13.2 Å². The monoisotopic (exact) mass is 362 g/mol. The van der Waals surface area contributed by atoms with Gasteiger partial charge in [0.1, 0.15) is 0 Å². The molecule has 0 aliphatic carbocycles. The molecule has 112 valence electrons. The van der Waals surface area contributed by atoms with Crippen LogP contribution in [-0.4, -0.2) is 38.8 Å². The van der Waals surface area contributed by atoms with Gasteiger partial charge < -0.3 is 5.32 Å². The van der Waals surface area contributed by atoms with Gasteiger partial charge in [-0.1, -0.05) is 29.8 Å². The van der Waals surface area contributed by atoms with Crippen LogP contribution in [0.25, 0.3) is 0 Å². The smallest absolute Gasteiger partial charge is 0.243 e. The van der Waals surface area contributed by atoms with Gasteiger partial charge >= 0.3 is 0 Å². The largest absolute Gasteiger partial charge is 0.355 e. The minimum absolute atomic E-state index is 0.167. The number of nitrogens with one attached hydrogen (secondary N) is 1. The molecule has 0 radical (unpaired) electrons. The summed E-state index contributed by atoms with van der Waals surface area (Å²) >= 11 is 3.25. The number of halogens is 1. The van der Waals surface area contributed by atoms with Crippen molar-refractivity contribution in [3.8, 4) is 0 Å². The molecule has 0 aliphatic rings. The first-order chi connectivity index (χ1) is 9.23. The highest BCUT2D eigenvalue weighted by Gasteiger charge is 2.22. The van der Waals surface area contributed by atoms with E-state index in [1.54, 1.807) is 12.1 Å². The van der Waals surface area contributed by atoms with Gasteiger partial charge in [0, 0.05) is 18.1 Å². The number of amides is 1. The lowest BCUT2D eigenvalue weighted by atomic mass is 10.2. The fourth-order valence-electron chi connectivity index (χ4n) is 1.45. The molecule has 0 bridgehead atoms. The number of hydrogen-bond acceptors (Lipinski definition) is 3. The van der Waals surface area contributed by atoms with Crippen LogP contribution in [-0.2, 0) is 14.8 Å². The summed E-state index contributed by atoms with van der Waals surface area (Å²) in [4.78, 5) is 11.8. The normalized spacial score (nSPS) is 11.9. The van der Waals surface area contributed by atoms with E-state index in [1.165, 1.54) is 19.2 Å². The van der Waals surface area contributed by atoms with Crippen molar-refractivity contribution in [1.82, 2.24) is 9.62 Å². The molecule has 0 spiro atoms. The molecule has 0 aromatic heterocycles. The minimum atomic E-state index is -3.64. The van der Waals surface area contributed by atoms with Crippen LogP contribution in [0.3, 0.4) is 0 Å². The third-order valence-corrected chi connectivity index (χ3v) is 4.94. The van der Waals surface area contributed by atoms with Crippen LogP contribution in [0.4, 0.5) is 0 Å². The van der Waals surface area contributed by atoms with E-state index in [4.69, 9.17) is 0 Å². The quantitative estimate of drug-likeness (QED) is 0.839. The molecule has 1 rings (SSSR count). The van der Waals surface area contributed by atoms with Crippen molar-refractivity contribution in [2.45, 2.75) is 18.7 Å². The summed E-state index contributed by atoms with van der Waals surface area (Å²) in [5, 5.41) is 2.69. The molecule has 0 heterocycles. The highest BCUT2D eigenvalue weighted by molar-refractivity contribution is 9.10. The molecule has 1 aromatic rings. The number of carbonyl (C=O) groups excluding carboxylic acids is 1. The predicted molar refractivity (Wildman–Crippen MR) is 81.8 cm³/mol. The molecule has 1 aromatic carbocycles. The molecule has 20 heavy (non-hydrogen) atoms. The van der Waals surface area contributed by atoms with Crippen LogP contribution in [0, 0.1) is 5.92 Å². The summed E-state index contributed by atoms with van der Waals surface area (Å²) in [6, 6.07) is 6.31. The fraction of sp³-hybridized carbons (Fsp3) is 0.462. The van der Waals surface area contributed by atoms with Crippen molar-refractivity contribution < 1.29 is 13.2 Å². The third kappa shape index (κ3) is 4.88. The average molecular weight is 363 g/mol. The summed E-state index contributed by atoms with van der Waals surface area (Å²) in [5.74, 6) is 0.0224. The van der Waals surface area contributed by atoms with Crippen LogP contribution >= 0.6 is 15.9 Å². The summed E-state index contributed by atoms with van der Waals surface area (Å²) in [7, 11) is -2.24. The van der Waals surface area contributed by atoms with Gasteiger partial charge in [-0.2, -0.15) is 4.31 Å². The second kappa shape index (κ2) is 7.19. The molecule has 0 unspecified atom stereocenters. The molecule has 0 saturated heterocycles. The molecule has 0 aliphatic heterocycles. The van der Waals surface area contributed by atoms with Gasteiger partial charge in [-0.05, 0) is 30.2 Å². The van der Waals surface area contributed by atoms with Crippen molar-refractivity contribution in [2.75, 3.05) is 20.1 Å². The Morgan fingerprint density at radius 1 is 1.30 bits per heavy atom. The van der Waals surface area contributed by atoms with E-state index < -0.39 is 10.0 Å². The molecule has 0 atom stereocenters. The van der Waals surface area contributed by atoms with Gasteiger partial charge in [0.2, 0.25) is 15.9 Å². The lowest BCUT2D eigenvalue weighted by Gasteiger charge is -2.17. The van der Waals surface area contributed by atoms with E-state index in [0.29, 0.717) is 12.5 Å². The van der Waals surface area contributed by atoms with Crippen LogP contribution in [0.15, 0.2) is 33.6 Å². The average Bonchev–Trinajstić information content (AvgIpc) is 2.36. The van der Waals surface area contributed by atoms with E-state index in [2.05, 4.69) is 21.2 Å². The number of sulfonamides is 1. The zero-order valence-corrected chi connectivity index (χ0v) is 14.2. The van der Waals surface area contributed by atoms with E-state index in [1.807, 2.05) is 13.8 Å². The van der Waals surface area contributed by atoms with E-state index in [0.717, 1.165) is 8.78 Å². The van der Waals surface area contributed by atoms with Gasteiger partial charge in [0.05, 0.1) is 11.4 Å². The van der Waals surface area contributed by atoms with Gasteiger partial charge in [-0.3, -0.25) is 4.79 Å². The Kier molecular flexibility index (Phi) is 6.16. The molecule has 7 heteroatoms. The summed E-state index contributed by atoms with van der Waals surface area (Å²) in [6.07, 6.45) is 0. The standard InChI is InChI=1S/C13H19BrN2O3S/c1-10(2)8-15-13(17)9-16(3)20(18,19)12-6-4-11(14)5-7-12/h4-7,10H,8-9H2,1-3H3,(H,15,17). The maximum absolute atomic E-state index is 12.2. The highest BCUT2D eigenvalue weighted by Crippen LogP contribution is 2.17. The summed E-state index contributed by atoms with van der Waals surface area (Å²) in [6.45, 7) is 4.29. The first-order valence-electron chi connectivity index (χ1n) is 6.22. The maximum atomic E-state index is 12.2. The van der Waals surface area contributed by atoms with Crippen LogP contribution in [0.5, 0.6) is 0 Å². The SMILES string of the molecule is CC(C)CNC(=O)CN(C)S(=O)(=O)c1ccc(Br)cc1. The molecule has 0 fully saturated rings. The van der Waals surface area contributed by atoms with Crippen molar-refractivity contribution in [2.24, 2.45) is 5.92 Å². The zero-order valence-electron chi connectivity index (χ0n) is 11.8. The second-order valence-electron chi connectivity index (χ2n) is 4.91. The first kappa shape index (κ1) is 17.1. The van der Waals surface area contributed by atoms with Crippen molar-refractivity contribution >= 4 is 31.9 Å². The minimum Gasteiger partial charge on any atom is -0.355 e. The Morgan fingerprint density at radius 3 is 2.35 bits per heavy atom. The van der Waals surface area contributed by atoms with E-state index in [-0.39, 0.29) is 17.3 Å². The molecule has 1 N–H and O–H groups in total. The Bertz CT molecular complexity index is 555. The lowest BCUT2D eigenvalue weighted by molar-refractivity contribution is -0.121. The molecular weight excluding hydrogens is 344 g/mol. The number of rotatable bonds is 6. The Hall–Kier alpha value is -0.920. The summed E-state index contributed by atoms with van der Waals surface area (Å²) in [5.41, 5.74) is 0. The van der Waals surface area contributed by atoms with Crippen molar-refractivity contribution in [3.05, 3.63) is 28.7 Å². The van der Waals surface area contributed by atoms with Crippen molar-refractivity contribution in [1.29, 1.82) is 0 Å². The number of likely N-dealkylation sites (N-methyl/N-ethyl adjacent to an activating group) is 1. The summed E-state index contributed by atoms with van der Waals surface area (Å²) < 4.78 is 26.3. The zero-order chi connectivity index (χ0) is 15.3. The maximum Gasteiger partial charge on any atom is 0.243 e. The van der Waals surface area contributed by atoms with Gasteiger partial charge in [-0.15, -0.1) is 0 Å². The topological polar surface area (TPSA) is 66.5 Å². The fourth-order valence-corrected chi connectivity index (χ4v) is 2.84. The Morgan fingerprint density at radius 2 is 1.85 bits per heavy atom. The van der Waals surface area contributed by atoms with Crippen LogP contribution in [0.1, 0.15) is 13.8 Å². The molecular formula is C13H19BrN2O3S. The Balaban J connectivity index is 2.72. The number of nitrogens with zero attached hydrogens (tertiary/aromatic N) is 1. The van der Waals surface area contributed by atoms with Gasteiger partial charge in [0.25, 0.3) is 0 Å². The van der Waals surface area contributed by atoms with E-state index >= 15 is 0 Å². The van der Waals surface area contributed by atoms with Crippen molar-refractivity contribution in [3.63, 3.8) is 0 Å². The second-order valence-corrected chi connectivity index (χ2v) is 7.87.